The smallest absolute Gasteiger partial charge is 0.404 e. The first-order valence-corrected chi connectivity index (χ1v) is 7.53. The summed E-state index contributed by atoms with van der Waals surface area (Å²) in [5, 5.41) is 10.2. The van der Waals surface area contributed by atoms with Gasteiger partial charge < -0.3 is 10.5 Å². The van der Waals surface area contributed by atoms with E-state index in [0.717, 1.165) is 23.8 Å². The third-order valence-corrected chi connectivity index (χ3v) is 3.35. The van der Waals surface area contributed by atoms with E-state index in [1.54, 1.807) is 0 Å². The summed E-state index contributed by atoms with van der Waals surface area (Å²) in [7, 11) is 0. The number of benzene rings is 2. The van der Waals surface area contributed by atoms with Gasteiger partial charge in [-0.15, -0.1) is 23.4 Å². The topological polar surface area (TPSA) is 103 Å². The number of nitrogens with zero attached hydrogens (tertiary/aromatic N) is 3. The van der Waals surface area contributed by atoms with Crippen LogP contribution in [0.25, 0.3) is 11.3 Å². The van der Waals surface area contributed by atoms with Gasteiger partial charge in [0, 0.05) is 11.1 Å². The number of nitrogens with one attached hydrogen (secondary N) is 1. The average molecular weight is 375 g/mol. The van der Waals surface area contributed by atoms with Crippen LogP contribution in [0.15, 0.2) is 54.7 Å². The van der Waals surface area contributed by atoms with E-state index in [1.165, 1.54) is 6.20 Å². The van der Waals surface area contributed by atoms with Crippen molar-refractivity contribution in [2.45, 2.75) is 6.36 Å². The van der Waals surface area contributed by atoms with Gasteiger partial charge in [0.25, 0.3) is 5.91 Å². The number of hydrogen-bond acceptors (Lipinski definition) is 6. The zero-order valence-corrected chi connectivity index (χ0v) is 13.6. The van der Waals surface area contributed by atoms with Crippen molar-refractivity contribution in [3.8, 4) is 17.0 Å². The molecule has 0 saturated carbocycles. The highest BCUT2D eigenvalue weighted by molar-refractivity contribution is 6.04. The van der Waals surface area contributed by atoms with E-state index >= 15 is 0 Å². The van der Waals surface area contributed by atoms with Crippen molar-refractivity contribution in [3.63, 3.8) is 0 Å². The number of hydrogen-bond donors (Lipinski definition) is 2. The summed E-state index contributed by atoms with van der Waals surface area (Å²) >= 11 is 0. The van der Waals surface area contributed by atoms with Gasteiger partial charge in [-0.2, -0.15) is 0 Å². The molecule has 0 saturated heterocycles. The van der Waals surface area contributed by atoms with Crippen LogP contribution in [0.1, 0.15) is 10.4 Å². The Hall–Kier alpha value is -3.69. The quantitative estimate of drug-likeness (QED) is 0.679. The van der Waals surface area contributed by atoms with Crippen LogP contribution in [0.2, 0.25) is 0 Å². The number of rotatable bonds is 4. The molecule has 2 aromatic carbocycles. The lowest BCUT2D eigenvalue weighted by molar-refractivity contribution is -0.274. The third-order valence-electron chi connectivity index (χ3n) is 3.35. The van der Waals surface area contributed by atoms with E-state index in [0.29, 0.717) is 5.69 Å². The normalized spacial score (nSPS) is 11.1. The first kappa shape index (κ1) is 18.1. The maximum Gasteiger partial charge on any atom is 0.573 e. The molecule has 3 rings (SSSR count). The lowest BCUT2D eigenvalue weighted by Gasteiger charge is -2.12. The molecule has 10 heteroatoms. The van der Waals surface area contributed by atoms with E-state index < -0.39 is 18.0 Å². The second kappa shape index (κ2) is 7.28. The van der Waals surface area contributed by atoms with Gasteiger partial charge in [-0.05, 0) is 18.2 Å². The molecule has 0 spiro atoms. The molecule has 0 atom stereocenters. The van der Waals surface area contributed by atoms with Crippen molar-refractivity contribution in [2.75, 3.05) is 11.1 Å². The van der Waals surface area contributed by atoms with Crippen molar-refractivity contribution in [2.24, 2.45) is 0 Å². The van der Waals surface area contributed by atoms with Crippen molar-refractivity contribution in [1.29, 1.82) is 0 Å². The molecule has 0 aliphatic heterocycles. The van der Waals surface area contributed by atoms with E-state index in [1.807, 2.05) is 30.3 Å². The maximum absolute atomic E-state index is 12.2. The summed E-state index contributed by atoms with van der Waals surface area (Å²) in [6, 6.07) is 12.3. The molecule has 27 heavy (non-hydrogen) atoms. The molecule has 0 aliphatic carbocycles. The molecule has 0 unspecified atom stereocenters. The summed E-state index contributed by atoms with van der Waals surface area (Å²) < 4.78 is 40.5. The van der Waals surface area contributed by atoms with E-state index in [4.69, 9.17) is 5.73 Å². The Morgan fingerprint density at radius 3 is 2.41 bits per heavy atom. The lowest BCUT2D eigenvalue weighted by atomic mass is 10.2. The minimum Gasteiger partial charge on any atom is -0.404 e. The predicted octanol–water partition coefficient (Wildman–Crippen LogP) is 3.27. The third kappa shape index (κ3) is 4.69. The Kier molecular flexibility index (Phi) is 4.88. The van der Waals surface area contributed by atoms with Crippen LogP contribution >= 0.6 is 0 Å². The highest BCUT2D eigenvalue weighted by atomic mass is 19.4. The molecule has 0 fully saturated rings. The molecule has 1 heterocycles. The van der Waals surface area contributed by atoms with Crippen LogP contribution in [-0.2, 0) is 0 Å². The van der Waals surface area contributed by atoms with Gasteiger partial charge in [-0.25, -0.2) is 4.98 Å². The Balaban J connectivity index is 1.71. The monoisotopic (exact) mass is 375 g/mol. The summed E-state index contributed by atoms with van der Waals surface area (Å²) in [6.45, 7) is 0. The molecule has 0 aliphatic rings. The van der Waals surface area contributed by atoms with E-state index in [-0.39, 0.29) is 17.2 Å². The van der Waals surface area contributed by atoms with Gasteiger partial charge in [0.05, 0.1) is 11.9 Å². The van der Waals surface area contributed by atoms with Gasteiger partial charge in [0.15, 0.2) is 5.75 Å². The Morgan fingerprint density at radius 1 is 1.07 bits per heavy atom. The molecule has 3 N–H and O–H groups in total. The number of carbonyl (C=O) groups is 1. The fourth-order valence-corrected chi connectivity index (χ4v) is 2.15. The standard InChI is InChI=1S/C17H12F3N5O2/c18-17(19,20)27-14-7-6-11(8-12(14)21)15(26)23-16-22-9-13(24-25-16)10-4-2-1-3-5-10/h1-9H,21H2,(H,22,23,25,26). The minimum atomic E-state index is -4.88. The number of alkyl halides is 3. The number of ether oxygens (including phenoxy) is 1. The fourth-order valence-electron chi connectivity index (χ4n) is 2.15. The lowest BCUT2D eigenvalue weighted by Crippen LogP contribution is -2.19. The highest BCUT2D eigenvalue weighted by Crippen LogP contribution is 2.29. The molecule has 7 nitrogen and oxygen atoms in total. The zero-order chi connectivity index (χ0) is 19.4. The zero-order valence-electron chi connectivity index (χ0n) is 13.6. The Bertz CT molecular complexity index is 947. The second-order valence-electron chi connectivity index (χ2n) is 5.29. The first-order valence-electron chi connectivity index (χ1n) is 7.53. The number of halogens is 3. The highest BCUT2D eigenvalue weighted by Gasteiger charge is 2.32. The van der Waals surface area contributed by atoms with Crippen LogP contribution < -0.4 is 15.8 Å². The molecular weight excluding hydrogens is 363 g/mol. The summed E-state index contributed by atoms with van der Waals surface area (Å²) in [6.07, 6.45) is -3.44. The number of amides is 1. The van der Waals surface area contributed by atoms with Gasteiger partial charge in [0.1, 0.15) is 5.69 Å². The van der Waals surface area contributed by atoms with Crippen LogP contribution in [0.4, 0.5) is 24.8 Å². The Labute approximate surface area is 151 Å². The average Bonchev–Trinajstić information content (AvgIpc) is 2.63. The first-order chi connectivity index (χ1) is 12.8. The summed E-state index contributed by atoms with van der Waals surface area (Å²) in [4.78, 5) is 16.2. The van der Waals surface area contributed by atoms with Crippen molar-refractivity contribution >= 4 is 17.5 Å². The van der Waals surface area contributed by atoms with E-state index in [2.05, 4.69) is 25.2 Å². The van der Waals surface area contributed by atoms with E-state index in [9.17, 15) is 18.0 Å². The minimum absolute atomic E-state index is 0.0118. The van der Waals surface area contributed by atoms with Crippen molar-refractivity contribution in [1.82, 2.24) is 15.2 Å². The molecule has 1 aromatic heterocycles. The van der Waals surface area contributed by atoms with Crippen LogP contribution in [-0.4, -0.2) is 27.5 Å². The molecule has 0 radical (unpaired) electrons. The van der Waals surface area contributed by atoms with Gasteiger partial charge in [-0.1, -0.05) is 30.3 Å². The van der Waals surface area contributed by atoms with Gasteiger partial charge in [0.2, 0.25) is 5.95 Å². The van der Waals surface area contributed by atoms with Crippen molar-refractivity contribution in [3.05, 3.63) is 60.3 Å². The Morgan fingerprint density at radius 2 is 1.81 bits per heavy atom. The fraction of sp³-hybridized carbons (Fsp3) is 0.0588. The predicted molar refractivity (Wildman–Crippen MR) is 90.8 cm³/mol. The molecule has 3 aromatic rings. The molecular formula is C17H12F3N5O2. The van der Waals surface area contributed by atoms with Crippen LogP contribution in [0.3, 0.4) is 0 Å². The molecule has 138 valence electrons. The molecule has 1 amide bonds. The van der Waals surface area contributed by atoms with Crippen molar-refractivity contribution < 1.29 is 22.7 Å². The maximum atomic E-state index is 12.2. The summed E-state index contributed by atoms with van der Waals surface area (Å²) in [5.41, 5.74) is 6.50. The SMILES string of the molecule is Nc1cc(C(=O)Nc2ncc(-c3ccccc3)nn2)ccc1OC(F)(F)F. The largest absolute Gasteiger partial charge is 0.573 e. The second-order valence-corrected chi connectivity index (χ2v) is 5.29. The number of anilines is 2. The number of nitrogen functional groups attached to an aromatic ring is 1. The summed E-state index contributed by atoms with van der Waals surface area (Å²) in [5.74, 6) is -1.31. The number of aromatic nitrogens is 3. The van der Waals surface area contributed by atoms with Gasteiger partial charge >= 0.3 is 6.36 Å². The van der Waals surface area contributed by atoms with Gasteiger partial charge in [-0.3, -0.25) is 10.1 Å². The van der Waals surface area contributed by atoms with Crippen LogP contribution in [0, 0.1) is 0 Å². The number of nitrogens with two attached hydrogens (primary N) is 1. The number of carbonyl (C=O) groups excluding carboxylic acids is 1. The molecule has 0 bridgehead atoms. The van der Waals surface area contributed by atoms with Crippen LogP contribution in [0.5, 0.6) is 5.75 Å².